The van der Waals surface area contributed by atoms with E-state index in [9.17, 15) is 52.4 Å². The van der Waals surface area contributed by atoms with Crippen LogP contribution in [0.25, 0.3) is 0 Å². The first-order chi connectivity index (χ1) is 16.4. The number of phosphoric ester groups is 1. The number of ether oxygens (including phenoxy) is 1. The lowest BCUT2D eigenvalue weighted by Gasteiger charge is -2.23. The van der Waals surface area contributed by atoms with Gasteiger partial charge in [0.2, 0.25) is 0 Å². The summed E-state index contributed by atoms with van der Waals surface area (Å²) < 4.78 is 77.0. The molecule has 28 heteroatoms. The first-order valence-corrected chi connectivity index (χ1v) is 16.3. The average Bonchev–Trinajstić information content (AvgIpc) is 2.89. The van der Waals surface area contributed by atoms with Crippen LogP contribution in [0.4, 0.5) is 0 Å². The summed E-state index contributed by atoms with van der Waals surface area (Å²) in [5.74, 6) is 0. The maximum atomic E-state index is 12.4. The molecule has 0 amide bonds. The lowest BCUT2D eigenvalue weighted by molar-refractivity contribution is -0.0528. The number of nitrogens with zero attached hydrogens (tertiary/aromatic N) is 1. The second-order valence-electron chi connectivity index (χ2n) is 6.69. The second-order valence-corrected chi connectivity index (χ2v) is 14.2. The summed E-state index contributed by atoms with van der Waals surface area (Å²) >= 11 is 0. The van der Waals surface area contributed by atoms with Crippen molar-refractivity contribution in [2.75, 3.05) is 6.61 Å². The van der Waals surface area contributed by atoms with Gasteiger partial charge in [0, 0.05) is 6.07 Å². The summed E-state index contributed by atoms with van der Waals surface area (Å²) in [4.78, 5) is 88.6. The molecule has 1 fully saturated rings. The molecule has 1 aliphatic heterocycles. The number of aromatic nitrogens is 2. The summed E-state index contributed by atoms with van der Waals surface area (Å²) in [6.45, 7) is -1.35. The fourth-order valence-electron chi connectivity index (χ4n) is 2.69. The predicted octanol–water partition coefficient (Wildman–Crippen LogP) is -3.58. The molecule has 7 atom stereocenters. The summed E-state index contributed by atoms with van der Waals surface area (Å²) in [5.41, 5.74) is -4.44. The van der Waals surface area contributed by atoms with Crippen LogP contribution in [0.5, 0.6) is 0 Å². The van der Waals surface area contributed by atoms with Crippen molar-refractivity contribution < 1.29 is 89.5 Å². The van der Waals surface area contributed by atoms with Crippen LogP contribution in [0.2, 0.25) is 0 Å². The third-order valence-electron chi connectivity index (χ3n) is 3.87. The zero-order chi connectivity index (χ0) is 28.8. The first-order valence-electron chi connectivity index (χ1n) is 8.69. The summed E-state index contributed by atoms with van der Waals surface area (Å²) in [5, 5.41) is 20.4. The van der Waals surface area contributed by atoms with E-state index in [4.69, 9.17) is 29.2 Å². The van der Waals surface area contributed by atoms with Crippen molar-refractivity contribution in [3.63, 3.8) is 0 Å². The quantitative estimate of drug-likeness (QED) is 0.104. The van der Waals surface area contributed by atoms with E-state index < -0.39 is 86.7 Å². The topological polar surface area (TPSA) is 368 Å². The molecule has 1 aromatic rings. The Labute approximate surface area is 202 Å². The van der Waals surface area contributed by atoms with Crippen LogP contribution in [-0.4, -0.2) is 78.9 Å². The molecule has 0 saturated carbocycles. The van der Waals surface area contributed by atoms with Crippen LogP contribution in [-0.2, 0) is 45.0 Å². The predicted molar refractivity (Wildman–Crippen MR) is 110 cm³/mol. The minimum Gasteiger partial charge on any atom is -0.387 e. The molecule has 37 heavy (non-hydrogen) atoms. The van der Waals surface area contributed by atoms with Gasteiger partial charge in [-0.05, 0) is 0 Å². The van der Waals surface area contributed by atoms with Crippen molar-refractivity contribution in [3.8, 4) is 0 Å². The Bertz CT molecular complexity index is 1370. The summed E-state index contributed by atoms with van der Waals surface area (Å²) in [6.07, 6.45) is -8.71. The van der Waals surface area contributed by atoms with Gasteiger partial charge in [-0.25, -0.2) is 27.4 Å². The standard InChI is InChI=1S/C9H17N2O21P5/c12-4-1-5(33(16,17)30-34(18,19)20)11(9(15)10-4)8-7(14)6(13)3(29-8)2-28-36(24,25)32-37(26,27)31-35(21,22)23/h1,3,6-8,13-14H,2H2,(H,16,17)(H,24,25)(H,26,27)(H,10,12,15)(H2,18,19,20)(H2,21,22,23)/t3-,6-,7-,8-/m1/s1. The number of nitrogens with one attached hydrogen (secondary N) is 1. The number of H-pyrrole nitrogens is 1. The van der Waals surface area contributed by atoms with Crippen LogP contribution < -0.4 is 16.7 Å². The molecule has 3 unspecified atom stereocenters. The van der Waals surface area contributed by atoms with Gasteiger partial charge < -0.3 is 49.2 Å². The van der Waals surface area contributed by atoms with Gasteiger partial charge in [-0.2, -0.15) is 8.62 Å². The number of hydrogen-bond acceptors (Lipinski definition) is 14. The molecule has 214 valence electrons. The van der Waals surface area contributed by atoms with Crippen LogP contribution in [0.15, 0.2) is 15.7 Å². The molecule has 1 aromatic heterocycles. The molecule has 2 heterocycles. The maximum absolute atomic E-state index is 12.4. The van der Waals surface area contributed by atoms with Crippen molar-refractivity contribution in [2.45, 2.75) is 24.5 Å². The second kappa shape index (κ2) is 11.0. The van der Waals surface area contributed by atoms with E-state index in [1.807, 2.05) is 0 Å². The van der Waals surface area contributed by atoms with Gasteiger partial charge >= 0.3 is 44.6 Å². The van der Waals surface area contributed by atoms with Crippen LogP contribution in [0.3, 0.4) is 0 Å². The molecule has 23 nitrogen and oxygen atoms in total. The highest BCUT2D eigenvalue weighted by atomic mass is 31.3. The lowest BCUT2D eigenvalue weighted by atomic mass is 10.1. The Morgan fingerprint density at radius 3 is 1.89 bits per heavy atom. The van der Waals surface area contributed by atoms with E-state index in [1.165, 1.54) is 0 Å². The normalized spacial score (nSPS) is 27.8. The molecule has 1 saturated heterocycles. The first kappa shape index (κ1) is 32.5. The molecule has 2 rings (SSSR count). The van der Waals surface area contributed by atoms with Crippen molar-refractivity contribution in [3.05, 3.63) is 26.9 Å². The molecular formula is C9H17N2O21P5. The number of hydrogen-bond donors (Lipinski definition) is 10. The molecule has 0 radical (unpaired) electrons. The molecular weight excluding hydrogens is 627 g/mol. The molecule has 0 aromatic carbocycles. The number of phosphoric acid groups is 4. The van der Waals surface area contributed by atoms with Gasteiger partial charge in [0.05, 0.1) is 6.61 Å². The smallest absolute Gasteiger partial charge is 0.387 e. The minimum atomic E-state index is -5.91. The highest BCUT2D eigenvalue weighted by Crippen LogP contribution is 2.66. The van der Waals surface area contributed by atoms with Crippen molar-refractivity contribution in [2.24, 2.45) is 0 Å². The van der Waals surface area contributed by atoms with E-state index in [1.54, 1.807) is 4.98 Å². The fourth-order valence-corrected chi connectivity index (χ4v) is 7.97. The average molecular weight is 644 g/mol. The Hall–Kier alpha value is -0.730. The van der Waals surface area contributed by atoms with E-state index in [0.29, 0.717) is 0 Å². The number of aromatic amines is 1. The van der Waals surface area contributed by atoms with Crippen LogP contribution in [0.1, 0.15) is 6.23 Å². The SMILES string of the molecule is O=c1cc(P(=O)(O)OP(=O)(O)O)n([C@@H]2O[C@H](COP(=O)(O)OP(=O)(O)OP(=O)(O)O)[C@@H](O)[C@H]2O)c(=O)[nH]1. The zero-order valence-corrected chi connectivity index (χ0v) is 21.7. The summed E-state index contributed by atoms with van der Waals surface area (Å²) in [6, 6.07) is 0.166. The van der Waals surface area contributed by atoms with Crippen LogP contribution >= 0.6 is 38.9 Å². The molecule has 10 N–H and O–H groups in total. The largest absolute Gasteiger partial charge is 0.490 e. The molecule has 1 aliphatic rings. The van der Waals surface area contributed by atoms with Crippen LogP contribution in [0, 0.1) is 0 Å². The van der Waals surface area contributed by atoms with Gasteiger partial charge in [-0.1, -0.05) is 0 Å². The highest BCUT2D eigenvalue weighted by molar-refractivity contribution is 7.68. The minimum absolute atomic E-state index is 0.0451. The highest BCUT2D eigenvalue weighted by Gasteiger charge is 2.49. The van der Waals surface area contributed by atoms with Crippen molar-refractivity contribution in [1.82, 2.24) is 9.55 Å². The Morgan fingerprint density at radius 1 is 0.838 bits per heavy atom. The zero-order valence-electron chi connectivity index (χ0n) is 17.2. The van der Waals surface area contributed by atoms with E-state index in [2.05, 4.69) is 17.5 Å². The van der Waals surface area contributed by atoms with E-state index >= 15 is 0 Å². The van der Waals surface area contributed by atoms with Crippen molar-refractivity contribution in [1.29, 1.82) is 0 Å². The maximum Gasteiger partial charge on any atom is 0.490 e. The van der Waals surface area contributed by atoms with Gasteiger partial charge in [0.25, 0.3) is 5.56 Å². The van der Waals surface area contributed by atoms with Gasteiger partial charge in [-0.15, -0.1) is 0 Å². The molecule has 0 spiro atoms. The number of aliphatic hydroxyl groups excluding tert-OH is 2. The fraction of sp³-hybridized carbons (Fsp3) is 0.556. The third-order valence-corrected chi connectivity index (χ3v) is 10.3. The Morgan fingerprint density at radius 2 is 1.38 bits per heavy atom. The molecule has 0 bridgehead atoms. The Kier molecular flexibility index (Phi) is 9.69. The number of rotatable bonds is 11. The molecule has 0 aliphatic carbocycles. The monoisotopic (exact) mass is 644 g/mol. The lowest BCUT2D eigenvalue weighted by Crippen LogP contribution is -2.45. The number of aliphatic hydroxyl groups is 2. The third kappa shape index (κ3) is 9.16. The van der Waals surface area contributed by atoms with E-state index in [0.717, 1.165) is 0 Å². The van der Waals surface area contributed by atoms with Crippen molar-refractivity contribution >= 4 is 44.3 Å². The van der Waals surface area contributed by atoms with E-state index in [-0.39, 0.29) is 10.6 Å². The summed E-state index contributed by atoms with van der Waals surface area (Å²) in [7, 11) is -28.8. The van der Waals surface area contributed by atoms with Gasteiger partial charge in [-0.3, -0.25) is 23.4 Å². The Balaban J connectivity index is 2.32. The van der Waals surface area contributed by atoms with Gasteiger partial charge in [0.15, 0.2) is 6.23 Å². The van der Waals surface area contributed by atoms with Gasteiger partial charge in [0.1, 0.15) is 23.7 Å².